The predicted molar refractivity (Wildman–Crippen MR) is 61.8 cm³/mol. The molecule has 0 bridgehead atoms. The Morgan fingerprint density at radius 1 is 1.60 bits per heavy atom. The van der Waals surface area contributed by atoms with Crippen molar-refractivity contribution >= 4 is 23.3 Å². The van der Waals surface area contributed by atoms with Gasteiger partial charge in [-0.15, -0.1) is 11.3 Å². The van der Waals surface area contributed by atoms with Crippen molar-refractivity contribution in [3.05, 3.63) is 16.3 Å². The molecule has 1 N–H and O–H groups in total. The highest BCUT2D eigenvalue weighted by Gasteiger charge is 2.25. The summed E-state index contributed by atoms with van der Waals surface area (Å²) in [5.41, 5.74) is 1.08. The SMILES string of the molecule is O=Cc1cc(N(CCO)C2CCC2)cs1. The molecule has 1 saturated carbocycles. The lowest BCUT2D eigenvalue weighted by Crippen LogP contribution is -2.41. The van der Waals surface area contributed by atoms with Crippen molar-refractivity contribution < 1.29 is 9.90 Å². The molecule has 0 spiro atoms. The molecule has 0 amide bonds. The molecule has 1 heterocycles. The highest BCUT2D eigenvalue weighted by molar-refractivity contribution is 7.12. The number of nitrogens with zero attached hydrogens (tertiary/aromatic N) is 1. The van der Waals surface area contributed by atoms with Crippen LogP contribution >= 0.6 is 11.3 Å². The van der Waals surface area contributed by atoms with Crippen LogP contribution in [-0.4, -0.2) is 30.6 Å². The van der Waals surface area contributed by atoms with Crippen LogP contribution in [0.25, 0.3) is 0 Å². The van der Waals surface area contributed by atoms with Gasteiger partial charge in [-0.3, -0.25) is 4.79 Å². The molecule has 4 heteroatoms. The summed E-state index contributed by atoms with van der Waals surface area (Å²) in [5, 5.41) is 11.0. The van der Waals surface area contributed by atoms with E-state index < -0.39 is 0 Å². The van der Waals surface area contributed by atoms with Gasteiger partial charge in [0.15, 0.2) is 6.29 Å². The fourth-order valence-corrected chi connectivity index (χ4v) is 2.59. The Hall–Kier alpha value is -0.870. The first-order valence-corrected chi connectivity index (χ1v) is 6.14. The maximum Gasteiger partial charge on any atom is 0.160 e. The molecule has 0 atom stereocenters. The van der Waals surface area contributed by atoms with Gasteiger partial charge >= 0.3 is 0 Å². The quantitative estimate of drug-likeness (QED) is 0.778. The highest BCUT2D eigenvalue weighted by atomic mass is 32.1. The summed E-state index contributed by atoms with van der Waals surface area (Å²) in [5.74, 6) is 0. The van der Waals surface area contributed by atoms with E-state index in [-0.39, 0.29) is 6.61 Å². The minimum atomic E-state index is 0.169. The normalized spacial score (nSPS) is 16.1. The number of rotatable bonds is 5. The Labute approximate surface area is 93.3 Å². The van der Waals surface area contributed by atoms with Crippen LogP contribution in [0.5, 0.6) is 0 Å². The van der Waals surface area contributed by atoms with Gasteiger partial charge in [-0.05, 0) is 25.3 Å². The molecule has 1 aromatic rings. The number of carbonyl (C=O) groups excluding carboxylic acids is 1. The molecular weight excluding hydrogens is 210 g/mol. The van der Waals surface area contributed by atoms with Crippen LogP contribution in [0, 0.1) is 0 Å². The van der Waals surface area contributed by atoms with E-state index >= 15 is 0 Å². The Morgan fingerprint density at radius 3 is 2.87 bits per heavy atom. The van der Waals surface area contributed by atoms with E-state index in [9.17, 15) is 4.79 Å². The van der Waals surface area contributed by atoms with Gasteiger partial charge in [0.25, 0.3) is 0 Å². The number of aliphatic hydroxyl groups excluding tert-OH is 1. The van der Waals surface area contributed by atoms with Crippen LogP contribution in [0.15, 0.2) is 11.4 Å². The van der Waals surface area contributed by atoms with Crippen molar-refractivity contribution in [1.82, 2.24) is 0 Å². The van der Waals surface area contributed by atoms with E-state index in [1.54, 1.807) is 0 Å². The zero-order valence-electron chi connectivity index (χ0n) is 8.56. The van der Waals surface area contributed by atoms with Crippen molar-refractivity contribution in [3.8, 4) is 0 Å². The zero-order valence-corrected chi connectivity index (χ0v) is 9.37. The maximum atomic E-state index is 10.6. The minimum absolute atomic E-state index is 0.169. The monoisotopic (exact) mass is 225 g/mol. The Morgan fingerprint density at radius 2 is 2.40 bits per heavy atom. The first kappa shape index (κ1) is 10.6. The summed E-state index contributed by atoms with van der Waals surface area (Å²) in [6.07, 6.45) is 4.56. The highest BCUT2D eigenvalue weighted by Crippen LogP contribution is 2.31. The van der Waals surface area contributed by atoms with Crippen LogP contribution < -0.4 is 4.90 Å². The number of anilines is 1. The summed E-state index contributed by atoms with van der Waals surface area (Å²) in [6.45, 7) is 0.836. The van der Waals surface area contributed by atoms with Crippen molar-refractivity contribution in [1.29, 1.82) is 0 Å². The molecule has 0 radical (unpaired) electrons. The van der Waals surface area contributed by atoms with Crippen LogP contribution in [0.2, 0.25) is 0 Å². The van der Waals surface area contributed by atoms with Crippen LogP contribution in [0.3, 0.4) is 0 Å². The fraction of sp³-hybridized carbons (Fsp3) is 0.545. The number of hydrogen-bond donors (Lipinski definition) is 1. The maximum absolute atomic E-state index is 10.6. The lowest BCUT2D eigenvalue weighted by Gasteiger charge is -2.38. The van der Waals surface area contributed by atoms with Gasteiger partial charge in [-0.2, -0.15) is 0 Å². The van der Waals surface area contributed by atoms with Gasteiger partial charge in [0.1, 0.15) is 0 Å². The van der Waals surface area contributed by atoms with Crippen molar-refractivity contribution in [2.75, 3.05) is 18.1 Å². The van der Waals surface area contributed by atoms with E-state index in [1.165, 1.54) is 30.6 Å². The van der Waals surface area contributed by atoms with Crippen LogP contribution in [-0.2, 0) is 0 Å². The van der Waals surface area contributed by atoms with Crippen LogP contribution in [0.4, 0.5) is 5.69 Å². The molecule has 1 aliphatic carbocycles. The van der Waals surface area contributed by atoms with Gasteiger partial charge in [0.2, 0.25) is 0 Å². The standard InChI is InChI=1S/C11H15NO2S/c13-5-4-12(9-2-1-3-9)10-6-11(7-14)15-8-10/h6-9,13H,1-5H2. The van der Waals surface area contributed by atoms with E-state index in [0.717, 1.165) is 16.9 Å². The second kappa shape index (κ2) is 4.77. The number of carbonyl (C=O) groups is 1. The van der Waals surface area contributed by atoms with Gasteiger partial charge in [-0.25, -0.2) is 0 Å². The largest absolute Gasteiger partial charge is 0.395 e. The molecule has 1 aliphatic rings. The second-order valence-corrected chi connectivity index (χ2v) is 4.77. The molecule has 15 heavy (non-hydrogen) atoms. The van der Waals surface area contributed by atoms with E-state index in [1.807, 2.05) is 11.4 Å². The summed E-state index contributed by atoms with van der Waals surface area (Å²) in [6, 6.07) is 2.47. The summed E-state index contributed by atoms with van der Waals surface area (Å²) in [4.78, 5) is 13.6. The number of thiophene rings is 1. The molecule has 2 rings (SSSR count). The zero-order chi connectivity index (χ0) is 10.7. The van der Waals surface area contributed by atoms with Gasteiger partial charge in [0.05, 0.1) is 11.5 Å². The first-order chi connectivity index (χ1) is 7.35. The van der Waals surface area contributed by atoms with Gasteiger partial charge in [0, 0.05) is 23.7 Å². The molecular formula is C11H15NO2S. The summed E-state index contributed by atoms with van der Waals surface area (Å²) < 4.78 is 0. The Bertz CT molecular complexity index is 333. The van der Waals surface area contributed by atoms with E-state index in [4.69, 9.17) is 5.11 Å². The fourth-order valence-electron chi connectivity index (χ4n) is 1.88. The summed E-state index contributed by atoms with van der Waals surface area (Å²) >= 11 is 1.46. The third-order valence-electron chi connectivity index (χ3n) is 2.91. The van der Waals surface area contributed by atoms with Crippen molar-refractivity contribution in [2.24, 2.45) is 0 Å². The van der Waals surface area contributed by atoms with Gasteiger partial charge < -0.3 is 10.0 Å². The smallest absolute Gasteiger partial charge is 0.160 e. The molecule has 0 aliphatic heterocycles. The molecule has 82 valence electrons. The average Bonchev–Trinajstić information content (AvgIpc) is 2.62. The molecule has 3 nitrogen and oxygen atoms in total. The molecule has 0 unspecified atom stereocenters. The topological polar surface area (TPSA) is 40.5 Å². The molecule has 1 fully saturated rings. The molecule has 0 aromatic carbocycles. The van der Waals surface area contributed by atoms with Crippen molar-refractivity contribution in [2.45, 2.75) is 25.3 Å². The van der Waals surface area contributed by atoms with E-state index in [0.29, 0.717) is 12.6 Å². The Balaban J connectivity index is 2.11. The number of aliphatic hydroxyl groups is 1. The Kier molecular flexibility index (Phi) is 3.38. The van der Waals surface area contributed by atoms with Crippen LogP contribution in [0.1, 0.15) is 28.9 Å². The van der Waals surface area contributed by atoms with Gasteiger partial charge in [-0.1, -0.05) is 0 Å². The third kappa shape index (κ3) is 2.21. The number of aldehydes is 1. The predicted octanol–water partition coefficient (Wildman–Crippen LogP) is 1.91. The third-order valence-corrected chi connectivity index (χ3v) is 3.76. The number of hydrogen-bond acceptors (Lipinski definition) is 4. The van der Waals surface area contributed by atoms with E-state index in [2.05, 4.69) is 4.90 Å². The lowest BCUT2D eigenvalue weighted by atomic mass is 9.91. The molecule has 1 aromatic heterocycles. The first-order valence-electron chi connectivity index (χ1n) is 5.26. The average molecular weight is 225 g/mol. The summed E-state index contributed by atoms with van der Waals surface area (Å²) in [7, 11) is 0. The second-order valence-electron chi connectivity index (χ2n) is 3.83. The minimum Gasteiger partial charge on any atom is -0.395 e. The van der Waals surface area contributed by atoms with Crippen molar-refractivity contribution in [3.63, 3.8) is 0 Å². The molecule has 0 saturated heterocycles. The lowest BCUT2D eigenvalue weighted by molar-refractivity contribution is 0.112.